The minimum atomic E-state index is -0.296. The van der Waals surface area contributed by atoms with Crippen molar-refractivity contribution in [3.8, 4) is 5.69 Å². The fourth-order valence-corrected chi connectivity index (χ4v) is 3.73. The molecule has 0 atom stereocenters. The highest BCUT2D eigenvalue weighted by atomic mass is 32.2. The molecule has 8 nitrogen and oxygen atoms in total. The molecule has 5 aromatic rings. The third-order valence-corrected chi connectivity index (χ3v) is 5.27. The van der Waals surface area contributed by atoms with E-state index in [-0.39, 0.29) is 11.1 Å². The highest BCUT2D eigenvalue weighted by Gasteiger charge is 2.14. The lowest BCUT2D eigenvalue weighted by Gasteiger charge is -2.04. The second kappa shape index (κ2) is 6.61. The Morgan fingerprint density at radius 1 is 1.14 bits per heavy atom. The molecular weight excluding hydrogens is 376 g/mol. The van der Waals surface area contributed by atoms with Gasteiger partial charge in [-0.2, -0.15) is 4.68 Å². The third-order valence-electron chi connectivity index (χ3n) is 4.34. The maximum absolute atomic E-state index is 12.4. The standard InChI is InChI=1S/C19H14N6O2S/c1-11-6-8-12(9-7-11)25-19(22-23-24-25)28-10-15-20-16-13-4-2-3-5-14(13)27-17(16)18(26)21-15/h2-9H,10H2,1H3,(H,20,21,26). The maximum atomic E-state index is 12.4. The summed E-state index contributed by atoms with van der Waals surface area (Å²) in [7, 11) is 0. The largest absolute Gasteiger partial charge is 0.449 e. The topological polar surface area (TPSA) is 102 Å². The van der Waals surface area contributed by atoms with Crippen molar-refractivity contribution < 1.29 is 4.42 Å². The molecule has 3 aromatic heterocycles. The molecule has 28 heavy (non-hydrogen) atoms. The summed E-state index contributed by atoms with van der Waals surface area (Å²) in [5.41, 5.74) is 3.18. The molecule has 138 valence electrons. The van der Waals surface area contributed by atoms with E-state index in [0.29, 0.717) is 27.8 Å². The molecule has 0 aliphatic carbocycles. The number of thioether (sulfide) groups is 1. The summed E-state index contributed by atoms with van der Waals surface area (Å²) in [6.45, 7) is 2.02. The molecule has 5 rings (SSSR count). The van der Waals surface area contributed by atoms with Crippen LogP contribution in [0.3, 0.4) is 0 Å². The highest BCUT2D eigenvalue weighted by molar-refractivity contribution is 7.98. The van der Waals surface area contributed by atoms with Gasteiger partial charge in [0, 0.05) is 5.39 Å². The van der Waals surface area contributed by atoms with Crippen molar-refractivity contribution in [1.29, 1.82) is 0 Å². The number of hydrogen-bond acceptors (Lipinski definition) is 7. The van der Waals surface area contributed by atoms with Crippen LogP contribution in [0.2, 0.25) is 0 Å². The van der Waals surface area contributed by atoms with Crippen molar-refractivity contribution in [3.05, 3.63) is 70.3 Å². The van der Waals surface area contributed by atoms with Crippen LogP contribution in [0, 0.1) is 6.92 Å². The van der Waals surface area contributed by atoms with E-state index in [1.165, 1.54) is 11.8 Å². The summed E-state index contributed by atoms with van der Waals surface area (Å²) in [5, 5.41) is 13.3. The summed E-state index contributed by atoms with van der Waals surface area (Å²) in [6, 6.07) is 15.4. The third kappa shape index (κ3) is 2.85. The number of nitrogens with one attached hydrogen (secondary N) is 1. The van der Waals surface area contributed by atoms with Crippen LogP contribution in [-0.2, 0) is 5.75 Å². The van der Waals surface area contributed by atoms with Crippen LogP contribution in [0.15, 0.2) is 62.9 Å². The Morgan fingerprint density at radius 3 is 2.82 bits per heavy atom. The van der Waals surface area contributed by atoms with E-state index in [1.54, 1.807) is 4.68 Å². The SMILES string of the molecule is Cc1ccc(-n2nnnc2SCc2nc3c(oc4ccccc43)c(=O)[nH]2)cc1. The Labute approximate surface area is 162 Å². The van der Waals surface area contributed by atoms with E-state index in [0.717, 1.165) is 16.6 Å². The first kappa shape index (κ1) is 16.7. The fourth-order valence-electron chi connectivity index (χ4n) is 2.97. The van der Waals surface area contributed by atoms with Gasteiger partial charge in [-0.05, 0) is 41.6 Å². The van der Waals surface area contributed by atoms with Gasteiger partial charge < -0.3 is 9.40 Å². The predicted molar refractivity (Wildman–Crippen MR) is 106 cm³/mol. The lowest BCUT2D eigenvalue weighted by atomic mass is 10.2. The quantitative estimate of drug-likeness (QED) is 0.470. The van der Waals surface area contributed by atoms with E-state index in [1.807, 2.05) is 55.5 Å². The number of furan rings is 1. The molecule has 0 unspecified atom stereocenters. The van der Waals surface area contributed by atoms with Crippen molar-refractivity contribution in [2.75, 3.05) is 0 Å². The zero-order valence-corrected chi connectivity index (χ0v) is 15.6. The van der Waals surface area contributed by atoms with Gasteiger partial charge in [-0.3, -0.25) is 4.79 Å². The first-order valence-electron chi connectivity index (χ1n) is 8.58. The minimum Gasteiger partial charge on any atom is -0.449 e. The lowest BCUT2D eigenvalue weighted by molar-refractivity contribution is 0.660. The number of aromatic amines is 1. The van der Waals surface area contributed by atoms with Crippen molar-refractivity contribution in [1.82, 2.24) is 30.2 Å². The molecule has 0 bridgehead atoms. The van der Waals surface area contributed by atoms with E-state index in [4.69, 9.17) is 4.42 Å². The number of hydrogen-bond donors (Lipinski definition) is 1. The summed E-state index contributed by atoms with van der Waals surface area (Å²) in [5.74, 6) is 0.948. The van der Waals surface area contributed by atoms with Gasteiger partial charge in [0.25, 0.3) is 5.56 Å². The van der Waals surface area contributed by atoms with Crippen LogP contribution < -0.4 is 5.56 Å². The number of tetrazole rings is 1. The molecular formula is C19H14N6O2S. The Morgan fingerprint density at radius 2 is 1.96 bits per heavy atom. The molecule has 1 N–H and O–H groups in total. The zero-order chi connectivity index (χ0) is 19.1. The summed E-state index contributed by atoms with van der Waals surface area (Å²) < 4.78 is 7.29. The molecule has 0 fully saturated rings. The molecule has 0 amide bonds. The van der Waals surface area contributed by atoms with E-state index in [2.05, 4.69) is 25.5 Å². The van der Waals surface area contributed by atoms with Gasteiger partial charge in [0.2, 0.25) is 10.7 Å². The molecule has 0 aliphatic rings. The Bertz CT molecular complexity index is 1350. The second-order valence-corrected chi connectivity index (χ2v) is 7.23. The molecule has 2 aromatic carbocycles. The van der Waals surface area contributed by atoms with Crippen LogP contribution in [-0.4, -0.2) is 30.2 Å². The number of aromatic nitrogens is 6. The summed E-state index contributed by atoms with van der Waals surface area (Å²) in [6.07, 6.45) is 0. The summed E-state index contributed by atoms with van der Waals surface area (Å²) in [4.78, 5) is 19.8. The van der Waals surface area contributed by atoms with Crippen LogP contribution in [0.1, 0.15) is 11.4 Å². The van der Waals surface area contributed by atoms with Crippen LogP contribution in [0.25, 0.3) is 27.8 Å². The maximum Gasteiger partial charge on any atom is 0.294 e. The van der Waals surface area contributed by atoms with Crippen molar-refractivity contribution in [2.45, 2.75) is 17.8 Å². The second-order valence-electron chi connectivity index (χ2n) is 6.29. The van der Waals surface area contributed by atoms with Crippen molar-refractivity contribution in [2.24, 2.45) is 0 Å². The molecule has 3 heterocycles. The number of benzene rings is 2. The van der Waals surface area contributed by atoms with Crippen LogP contribution in [0.5, 0.6) is 0 Å². The molecule has 0 aliphatic heterocycles. The van der Waals surface area contributed by atoms with Crippen LogP contribution in [0.4, 0.5) is 0 Å². The number of nitrogens with zero attached hydrogens (tertiary/aromatic N) is 5. The Kier molecular flexibility index (Phi) is 3.94. The van der Waals surface area contributed by atoms with Gasteiger partial charge in [-0.15, -0.1) is 5.10 Å². The lowest BCUT2D eigenvalue weighted by Crippen LogP contribution is -2.10. The van der Waals surface area contributed by atoms with Gasteiger partial charge in [-0.25, -0.2) is 4.98 Å². The first-order chi connectivity index (χ1) is 13.7. The van der Waals surface area contributed by atoms with Gasteiger partial charge in [-0.1, -0.05) is 41.6 Å². The van der Waals surface area contributed by atoms with E-state index >= 15 is 0 Å². The fraction of sp³-hybridized carbons (Fsp3) is 0.105. The number of rotatable bonds is 4. The van der Waals surface area contributed by atoms with Crippen molar-refractivity contribution in [3.63, 3.8) is 0 Å². The number of aryl methyl sites for hydroxylation is 1. The van der Waals surface area contributed by atoms with E-state index < -0.39 is 0 Å². The van der Waals surface area contributed by atoms with Gasteiger partial charge >= 0.3 is 0 Å². The van der Waals surface area contributed by atoms with Gasteiger partial charge in [0.1, 0.15) is 16.9 Å². The summed E-state index contributed by atoms with van der Waals surface area (Å²) >= 11 is 1.39. The number of fused-ring (bicyclic) bond motifs is 3. The monoisotopic (exact) mass is 390 g/mol. The normalized spacial score (nSPS) is 11.5. The van der Waals surface area contributed by atoms with Gasteiger partial charge in [0.05, 0.1) is 11.4 Å². The van der Waals surface area contributed by atoms with Crippen LogP contribution >= 0.6 is 11.8 Å². The first-order valence-corrected chi connectivity index (χ1v) is 9.56. The smallest absolute Gasteiger partial charge is 0.294 e. The Balaban J connectivity index is 1.47. The minimum absolute atomic E-state index is 0.236. The molecule has 9 heteroatoms. The van der Waals surface area contributed by atoms with Crippen molar-refractivity contribution >= 4 is 33.8 Å². The average molecular weight is 390 g/mol. The zero-order valence-electron chi connectivity index (χ0n) is 14.8. The highest BCUT2D eigenvalue weighted by Crippen LogP contribution is 2.26. The van der Waals surface area contributed by atoms with Gasteiger partial charge in [0.15, 0.2) is 0 Å². The molecule has 0 saturated heterocycles. The Hall–Kier alpha value is -3.46. The average Bonchev–Trinajstić information content (AvgIpc) is 3.32. The van der Waals surface area contributed by atoms with E-state index in [9.17, 15) is 4.79 Å². The molecule has 0 radical (unpaired) electrons. The molecule has 0 saturated carbocycles. The number of para-hydroxylation sites is 1. The predicted octanol–water partition coefficient (Wildman–Crippen LogP) is 3.25. The molecule has 0 spiro atoms. The number of H-pyrrole nitrogens is 1.